The van der Waals surface area contributed by atoms with E-state index in [0.717, 1.165) is 15.6 Å². The Morgan fingerprint density at radius 3 is 2.45 bits per heavy atom. The van der Waals surface area contributed by atoms with E-state index in [1.165, 1.54) is 0 Å². The van der Waals surface area contributed by atoms with E-state index in [4.69, 9.17) is 26.6 Å². The highest BCUT2D eigenvalue weighted by molar-refractivity contribution is 8.03. The summed E-state index contributed by atoms with van der Waals surface area (Å²) in [5.74, 6) is 1.27. The van der Waals surface area contributed by atoms with Gasteiger partial charge in [0.15, 0.2) is 0 Å². The van der Waals surface area contributed by atoms with E-state index in [0.29, 0.717) is 22.9 Å². The van der Waals surface area contributed by atoms with Crippen LogP contribution in [0.3, 0.4) is 0 Å². The van der Waals surface area contributed by atoms with Gasteiger partial charge in [0, 0.05) is 16.0 Å². The van der Waals surface area contributed by atoms with Gasteiger partial charge >= 0.3 is 5.71 Å². The fourth-order valence-electron chi connectivity index (χ4n) is 1.76. The fraction of sp³-hybridized carbons (Fsp3) is 0.214. The molecule has 0 N–H and O–H groups in total. The van der Waals surface area contributed by atoms with Crippen LogP contribution in [-0.4, -0.2) is 24.7 Å². The van der Waals surface area contributed by atoms with Gasteiger partial charge in [0.25, 0.3) is 0 Å². The highest BCUT2D eigenvalue weighted by atomic mass is 35.5. The molecule has 20 heavy (non-hydrogen) atoms. The third-order valence-electron chi connectivity index (χ3n) is 2.78. The van der Waals surface area contributed by atoms with Gasteiger partial charge in [-0.1, -0.05) is 23.4 Å². The molecule has 0 aromatic heterocycles. The number of thioether (sulfide) groups is 1. The molecular weight excluding hydrogens is 296 g/mol. The summed E-state index contributed by atoms with van der Waals surface area (Å²) in [4.78, 5) is 5.19. The summed E-state index contributed by atoms with van der Waals surface area (Å²) in [6, 6.07) is 7.54. The minimum Gasteiger partial charge on any atom is -0.499 e. The zero-order valence-electron chi connectivity index (χ0n) is 11.1. The summed E-state index contributed by atoms with van der Waals surface area (Å²) in [6.07, 6.45) is 2.19. The highest BCUT2D eigenvalue weighted by Gasteiger charge is 2.27. The average molecular weight is 309 g/mol. The molecule has 4 nitrogen and oxygen atoms in total. The zero-order valence-corrected chi connectivity index (χ0v) is 12.7. The van der Waals surface area contributed by atoms with Gasteiger partial charge in [-0.2, -0.15) is 4.79 Å². The van der Waals surface area contributed by atoms with E-state index in [9.17, 15) is 0 Å². The number of methoxy groups -OCH3 is 2. The molecule has 0 saturated carbocycles. The van der Waals surface area contributed by atoms with Gasteiger partial charge in [0.05, 0.1) is 19.1 Å². The van der Waals surface area contributed by atoms with Crippen LogP contribution in [0.2, 0.25) is 5.02 Å². The number of halogens is 1. The number of hydrogen-bond acceptors (Lipinski definition) is 3. The molecule has 0 saturated heterocycles. The van der Waals surface area contributed by atoms with E-state index in [1.54, 1.807) is 32.1 Å². The highest BCUT2D eigenvalue weighted by Crippen LogP contribution is 2.35. The molecule has 0 bridgehead atoms. The van der Waals surface area contributed by atoms with E-state index in [2.05, 4.69) is 4.79 Å². The molecule has 1 aliphatic carbocycles. The van der Waals surface area contributed by atoms with Crippen molar-refractivity contribution in [1.29, 1.82) is 0 Å². The topological polar surface area (TPSA) is 54.9 Å². The van der Waals surface area contributed by atoms with Gasteiger partial charge in [-0.05, 0) is 24.3 Å². The first-order valence-electron chi connectivity index (χ1n) is 5.85. The van der Waals surface area contributed by atoms with Crippen molar-refractivity contribution < 1.29 is 14.3 Å². The number of hydrogen-bond donors (Lipinski definition) is 0. The maximum atomic E-state index is 8.98. The van der Waals surface area contributed by atoms with Gasteiger partial charge in [0.2, 0.25) is 5.76 Å². The van der Waals surface area contributed by atoms with Crippen LogP contribution in [0.5, 0.6) is 0 Å². The standard InChI is InChI=1S/C14H13ClN2O2S/c1-18-12-8-14(13(19-2)7-11(12)17-16)20-10-5-3-9(15)4-6-10/h3-6,8H,7H2,1-2H3. The number of benzene rings is 1. The first kappa shape index (κ1) is 14.7. The molecule has 0 aliphatic heterocycles. The maximum Gasteiger partial charge on any atom is 0.340 e. The maximum absolute atomic E-state index is 8.98. The summed E-state index contributed by atoms with van der Waals surface area (Å²) in [5, 5.41) is 0.696. The number of nitrogens with zero attached hydrogens (tertiary/aromatic N) is 2. The van der Waals surface area contributed by atoms with Gasteiger partial charge in [0.1, 0.15) is 12.2 Å². The second kappa shape index (κ2) is 6.66. The minimum absolute atomic E-state index is 0.391. The van der Waals surface area contributed by atoms with Gasteiger partial charge < -0.3 is 15.0 Å². The van der Waals surface area contributed by atoms with Gasteiger partial charge in [-0.15, -0.1) is 0 Å². The predicted octanol–water partition coefficient (Wildman–Crippen LogP) is 3.89. The molecule has 0 atom stereocenters. The summed E-state index contributed by atoms with van der Waals surface area (Å²) < 4.78 is 10.6. The summed E-state index contributed by atoms with van der Waals surface area (Å²) in [7, 11) is 3.14. The smallest absolute Gasteiger partial charge is 0.340 e. The second-order valence-electron chi connectivity index (χ2n) is 3.98. The molecule has 1 aliphatic rings. The largest absolute Gasteiger partial charge is 0.499 e. The Balaban J connectivity index is 2.32. The van der Waals surface area contributed by atoms with Crippen molar-refractivity contribution in [2.75, 3.05) is 14.2 Å². The normalized spacial score (nSPS) is 14.8. The Kier molecular flexibility index (Phi) is 4.90. The molecule has 0 radical (unpaired) electrons. The molecule has 0 heterocycles. The fourth-order valence-corrected chi connectivity index (χ4v) is 2.85. The van der Waals surface area contributed by atoms with Crippen LogP contribution in [0, 0.1) is 0 Å². The van der Waals surface area contributed by atoms with Crippen molar-refractivity contribution in [3.8, 4) is 0 Å². The van der Waals surface area contributed by atoms with Crippen LogP contribution in [0.25, 0.3) is 5.53 Å². The summed E-state index contributed by atoms with van der Waals surface area (Å²) in [5.41, 5.74) is 9.43. The lowest BCUT2D eigenvalue weighted by molar-refractivity contribution is -0.0122. The van der Waals surface area contributed by atoms with E-state index in [1.807, 2.05) is 24.3 Å². The van der Waals surface area contributed by atoms with Crippen LogP contribution in [0.4, 0.5) is 0 Å². The minimum atomic E-state index is 0.391. The predicted molar refractivity (Wildman–Crippen MR) is 79.7 cm³/mol. The zero-order chi connectivity index (χ0) is 14.5. The van der Waals surface area contributed by atoms with Crippen molar-refractivity contribution in [2.45, 2.75) is 11.3 Å². The second-order valence-corrected chi connectivity index (χ2v) is 5.54. The first-order chi connectivity index (χ1) is 9.67. The van der Waals surface area contributed by atoms with Crippen molar-refractivity contribution >= 4 is 29.1 Å². The van der Waals surface area contributed by atoms with Crippen molar-refractivity contribution in [3.05, 3.63) is 57.3 Å². The molecular formula is C14H13ClN2O2S. The van der Waals surface area contributed by atoms with Crippen LogP contribution in [0.15, 0.2) is 51.7 Å². The molecule has 2 rings (SSSR count). The van der Waals surface area contributed by atoms with E-state index >= 15 is 0 Å². The van der Waals surface area contributed by atoms with Gasteiger partial charge in [-0.25, -0.2) is 0 Å². The molecule has 1 aromatic rings. The lowest BCUT2D eigenvalue weighted by Crippen LogP contribution is -2.13. The Hall–Kier alpha value is -1.68. The monoisotopic (exact) mass is 308 g/mol. The SMILES string of the molecule is COC1=CC(Sc2ccc(Cl)cc2)=C(OC)CC1=[N+]=[N-]. The molecule has 6 heteroatoms. The molecule has 1 aromatic carbocycles. The average Bonchev–Trinajstić information content (AvgIpc) is 2.49. The Morgan fingerprint density at radius 2 is 1.90 bits per heavy atom. The van der Waals surface area contributed by atoms with Crippen LogP contribution in [-0.2, 0) is 9.47 Å². The third-order valence-corrected chi connectivity index (χ3v) is 4.10. The Bertz CT molecular complexity index is 617. The Labute approximate surface area is 126 Å². The summed E-state index contributed by atoms with van der Waals surface area (Å²) in [6.45, 7) is 0. The first-order valence-corrected chi connectivity index (χ1v) is 7.05. The quantitative estimate of drug-likeness (QED) is 0.626. The molecule has 0 amide bonds. The summed E-state index contributed by atoms with van der Waals surface area (Å²) >= 11 is 7.41. The molecule has 0 spiro atoms. The lowest BCUT2D eigenvalue weighted by Gasteiger charge is -2.15. The van der Waals surface area contributed by atoms with Crippen molar-refractivity contribution in [2.24, 2.45) is 0 Å². The number of ether oxygens (including phenoxy) is 2. The molecule has 104 valence electrons. The van der Waals surface area contributed by atoms with E-state index < -0.39 is 0 Å². The van der Waals surface area contributed by atoms with Gasteiger partial charge in [-0.3, -0.25) is 0 Å². The molecule has 0 unspecified atom stereocenters. The number of allylic oxidation sites excluding steroid dienone is 3. The molecule has 0 fully saturated rings. The van der Waals surface area contributed by atoms with Crippen LogP contribution in [0.1, 0.15) is 6.42 Å². The van der Waals surface area contributed by atoms with Crippen LogP contribution < -0.4 is 0 Å². The van der Waals surface area contributed by atoms with Crippen molar-refractivity contribution in [1.82, 2.24) is 0 Å². The van der Waals surface area contributed by atoms with E-state index in [-0.39, 0.29) is 0 Å². The Morgan fingerprint density at radius 1 is 1.20 bits per heavy atom. The number of rotatable bonds is 4. The van der Waals surface area contributed by atoms with Crippen LogP contribution >= 0.6 is 23.4 Å². The van der Waals surface area contributed by atoms with Crippen molar-refractivity contribution in [3.63, 3.8) is 0 Å². The third kappa shape index (κ3) is 3.25. The lowest BCUT2D eigenvalue weighted by atomic mass is 10.1.